The van der Waals surface area contributed by atoms with Crippen LogP contribution in [0.15, 0.2) is 60.7 Å². The molecule has 0 amide bonds. The van der Waals surface area contributed by atoms with E-state index in [4.69, 9.17) is 76.2 Å². The number of benzene rings is 2. The Bertz CT molecular complexity index is 693. The Morgan fingerprint density at radius 2 is 0.897 bits per heavy atom. The molecule has 0 aliphatic carbocycles. The Kier molecular flexibility index (Phi) is 16.8. The first-order chi connectivity index (χ1) is 13.8. The third-order valence-corrected chi connectivity index (χ3v) is 6.20. The smallest absolute Gasteiger partial charge is 0.212 e. The van der Waals surface area contributed by atoms with Crippen LogP contribution in [0.4, 0.5) is 0 Å². The third kappa shape index (κ3) is 13.2. The van der Waals surface area contributed by atoms with Gasteiger partial charge >= 0.3 is 33.3 Å². The van der Waals surface area contributed by atoms with Crippen molar-refractivity contribution in [2.75, 3.05) is 0 Å². The van der Waals surface area contributed by atoms with Gasteiger partial charge in [-0.3, -0.25) is 0 Å². The molecule has 0 fully saturated rings. The molecule has 2 aromatic rings. The Morgan fingerprint density at radius 1 is 0.655 bits per heavy atom. The molecule has 165 valence electrons. The summed E-state index contributed by atoms with van der Waals surface area (Å²) < 4.78 is 10.5. The maximum absolute atomic E-state index is 6.89. The Balaban J connectivity index is 0.000000477. The van der Waals surface area contributed by atoms with Gasteiger partial charge in [0, 0.05) is 0 Å². The molecule has 2 aromatic carbocycles. The molecule has 0 bridgehead atoms. The van der Waals surface area contributed by atoms with E-state index in [9.17, 15) is 0 Å². The number of rotatable bonds is 8. The van der Waals surface area contributed by atoms with Crippen molar-refractivity contribution in [3.63, 3.8) is 0 Å². The molecule has 0 spiro atoms. The quantitative estimate of drug-likeness (QED) is 0.170. The van der Waals surface area contributed by atoms with E-state index in [1.807, 2.05) is 32.9 Å². The first kappa shape index (κ1) is 29.1. The van der Waals surface area contributed by atoms with Crippen LogP contribution in [0.2, 0.25) is 0 Å². The molecule has 0 unspecified atom stereocenters. The van der Waals surface area contributed by atoms with E-state index < -0.39 is 13.1 Å². The molecule has 10 nitrogen and oxygen atoms in total. The molecule has 0 aliphatic heterocycles. The van der Waals surface area contributed by atoms with E-state index >= 15 is 0 Å². The fraction of sp³-hybridized carbons (Fsp3) is 0. The van der Waals surface area contributed by atoms with E-state index in [1.165, 1.54) is 0 Å². The molecular weight excluding hydrogens is 540 g/mol. The Morgan fingerprint density at radius 3 is 1.10 bits per heavy atom. The van der Waals surface area contributed by atoms with E-state index in [-0.39, 0.29) is 13.1 Å². The normalized spacial score (nSPS) is 10.7. The van der Waals surface area contributed by atoms with Gasteiger partial charge in [0.1, 0.15) is 11.5 Å². The molecule has 0 aliphatic rings. The zero-order valence-corrected chi connectivity index (χ0v) is 20.5. The van der Waals surface area contributed by atoms with Gasteiger partial charge in [-0.05, 0) is 47.9 Å². The van der Waals surface area contributed by atoms with Crippen LogP contribution in [0, 0.1) is 0 Å². The predicted octanol–water partition coefficient (Wildman–Crippen LogP) is 6.18. The maximum Gasteiger partial charge on any atom is 0.212 e. The minimum atomic E-state index is -2.74. The van der Waals surface area contributed by atoms with Crippen LogP contribution >= 0.6 is 33.3 Å². The number of hydrogen-bond acceptors (Lipinski definition) is 4. The van der Waals surface area contributed by atoms with Gasteiger partial charge in [0.05, 0.1) is 0 Å². The van der Waals surface area contributed by atoms with Gasteiger partial charge < -0.3 is 53.2 Å². The van der Waals surface area contributed by atoms with Crippen LogP contribution in [0.1, 0.15) is 0 Å². The summed E-state index contributed by atoms with van der Waals surface area (Å²) in [4.78, 5) is 0. The maximum atomic E-state index is 6.89. The SMILES string of the molecule is [Cl][Mn][Cl].[NH-]NP(=S)(N[NH-])Oc1ccccc1.[NH-]NP(=S)(N[NH-])Oc1ccccc1. The van der Waals surface area contributed by atoms with Crippen molar-refractivity contribution < 1.29 is 22.2 Å². The molecule has 2 rings (SSSR count). The van der Waals surface area contributed by atoms with Crippen molar-refractivity contribution in [3.8, 4) is 11.5 Å². The fourth-order valence-electron chi connectivity index (χ4n) is 1.41. The summed E-state index contributed by atoms with van der Waals surface area (Å²) in [6.07, 6.45) is 0. The number of nitrogens with one attached hydrogen (secondary N) is 8. The average molecular weight is 558 g/mol. The van der Waals surface area contributed by atoms with Gasteiger partial charge in [-0.15, -0.1) is 0 Å². The summed E-state index contributed by atoms with van der Waals surface area (Å²) in [7, 11) is 9.59. The van der Waals surface area contributed by atoms with Gasteiger partial charge in [-0.1, -0.05) is 36.4 Å². The minimum Gasteiger partial charge on any atom is -0.605 e. The van der Waals surface area contributed by atoms with E-state index in [1.54, 1.807) is 48.5 Å². The zero-order valence-electron chi connectivity index (χ0n) is 14.4. The molecular formula is C12H18Cl2MnN8O2P2S2-4. The Labute approximate surface area is 194 Å². The summed E-state index contributed by atoms with van der Waals surface area (Å²) in [5.74, 6) is 28.7. The van der Waals surface area contributed by atoms with Crippen LogP contribution in [0.25, 0.3) is 23.4 Å². The van der Waals surface area contributed by atoms with Crippen LogP contribution < -0.4 is 29.8 Å². The van der Waals surface area contributed by atoms with Gasteiger partial charge in [0.25, 0.3) is 0 Å². The molecule has 0 atom stereocenters. The fourth-order valence-corrected chi connectivity index (χ4v) is 3.05. The summed E-state index contributed by atoms with van der Waals surface area (Å²) in [5, 5.41) is 8.13. The molecule has 0 heterocycles. The number of hydrogen-bond donors (Lipinski definition) is 4. The summed E-state index contributed by atoms with van der Waals surface area (Å²) in [6, 6.07) is 17.7. The van der Waals surface area contributed by atoms with Crippen molar-refractivity contribution in [1.29, 1.82) is 0 Å². The first-order valence-electron chi connectivity index (χ1n) is 7.14. The number of halogens is 2. The van der Waals surface area contributed by atoms with Gasteiger partial charge in [0.2, 0.25) is 13.1 Å². The van der Waals surface area contributed by atoms with Crippen molar-refractivity contribution in [3.05, 3.63) is 84.0 Å². The van der Waals surface area contributed by atoms with Crippen LogP contribution in [-0.2, 0) is 36.7 Å². The average Bonchev–Trinajstić information content (AvgIpc) is 2.76. The first-order valence-corrected chi connectivity index (χ1v) is 15.8. The molecule has 8 N–H and O–H groups in total. The van der Waals surface area contributed by atoms with E-state index in [0.29, 0.717) is 11.5 Å². The summed E-state index contributed by atoms with van der Waals surface area (Å²) >= 11 is 9.76. The standard InChI is InChI=1S/2C6H9N4OPS.2ClH.Mn/c2*7-9-12(13,10-8)11-6-4-2-1-3-5-6;;;/h2*1-5,7-8H,(H2,9,10,13);2*1H;/q2*-2;;;+2/p-2. The number of para-hydroxylation sites is 2. The molecule has 0 saturated heterocycles. The van der Waals surface area contributed by atoms with E-state index in [2.05, 4.69) is 0 Å². The summed E-state index contributed by atoms with van der Waals surface area (Å²) in [6.45, 7) is -5.47. The third-order valence-electron chi connectivity index (χ3n) is 2.54. The van der Waals surface area contributed by atoms with Gasteiger partial charge in [0.15, 0.2) is 0 Å². The second-order valence-electron chi connectivity index (χ2n) is 4.41. The molecule has 0 radical (unpaired) electrons. The molecule has 0 aromatic heterocycles. The monoisotopic (exact) mass is 557 g/mol. The van der Waals surface area contributed by atoms with E-state index in [0.717, 1.165) is 0 Å². The van der Waals surface area contributed by atoms with Crippen molar-refractivity contribution in [1.82, 2.24) is 20.8 Å². The van der Waals surface area contributed by atoms with Gasteiger partial charge in [-0.25, -0.2) is 0 Å². The van der Waals surface area contributed by atoms with Crippen molar-refractivity contribution in [2.24, 2.45) is 0 Å². The van der Waals surface area contributed by atoms with Crippen LogP contribution in [0.5, 0.6) is 11.5 Å². The minimum absolute atomic E-state index is 0.00694. The van der Waals surface area contributed by atoms with Gasteiger partial charge in [-0.2, -0.15) is 0 Å². The molecule has 0 saturated carbocycles. The second-order valence-corrected chi connectivity index (χ2v) is 12.9. The van der Waals surface area contributed by atoms with Crippen LogP contribution in [-0.4, -0.2) is 0 Å². The summed E-state index contributed by atoms with van der Waals surface area (Å²) in [5.41, 5.74) is 0. The Hall–Kier alpha value is 0.119. The van der Waals surface area contributed by atoms with Crippen molar-refractivity contribution >= 4 is 56.9 Å². The van der Waals surface area contributed by atoms with Crippen LogP contribution in [0.3, 0.4) is 0 Å². The predicted molar refractivity (Wildman–Crippen MR) is 124 cm³/mol. The largest absolute Gasteiger partial charge is 0.605 e. The molecule has 17 heteroatoms. The topological polar surface area (TPSA) is 162 Å². The van der Waals surface area contributed by atoms with Crippen molar-refractivity contribution in [2.45, 2.75) is 0 Å². The molecule has 29 heavy (non-hydrogen) atoms. The second kappa shape index (κ2) is 16.8. The zero-order chi connectivity index (χ0) is 22.2.